The molecule has 1 fully saturated rings. The Kier molecular flexibility index (Phi) is 7.25. The van der Waals surface area contributed by atoms with E-state index in [1.54, 1.807) is 67.3 Å². The molecule has 1 aliphatic heterocycles. The third-order valence-electron chi connectivity index (χ3n) is 6.33. The van der Waals surface area contributed by atoms with Gasteiger partial charge < -0.3 is 9.80 Å². The Bertz CT molecular complexity index is 1350. The smallest absolute Gasteiger partial charge is 0.269 e. The number of sulfonamides is 1. The highest BCUT2D eigenvalue weighted by molar-refractivity contribution is 7.92. The summed E-state index contributed by atoms with van der Waals surface area (Å²) >= 11 is 0. The normalized spacial score (nSPS) is 13.9. The van der Waals surface area contributed by atoms with Gasteiger partial charge in [-0.15, -0.1) is 0 Å². The average Bonchev–Trinajstić information content (AvgIpc) is 2.89. The first-order valence-electron chi connectivity index (χ1n) is 11.7. The quantitative estimate of drug-likeness (QED) is 0.352. The van der Waals surface area contributed by atoms with Crippen molar-refractivity contribution in [3.63, 3.8) is 0 Å². The zero-order valence-corrected chi connectivity index (χ0v) is 21.0. The molecule has 1 heterocycles. The van der Waals surface area contributed by atoms with Gasteiger partial charge in [-0.3, -0.25) is 19.2 Å². The van der Waals surface area contributed by atoms with Crippen LogP contribution in [0.3, 0.4) is 0 Å². The molecule has 4 rings (SSSR count). The zero-order valence-electron chi connectivity index (χ0n) is 20.2. The predicted molar refractivity (Wildman–Crippen MR) is 139 cm³/mol. The van der Waals surface area contributed by atoms with E-state index in [1.807, 2.05) is 6.07 Å². The number of non-ortho nitro benzene ring substituents is 1. The van der Waals surface area contributed by atoms with Crippen LogP contribution in [-0.2, 0) is 10.0 Å². The molecule has 0 bridgehead atoms. The minimum atomic E-state index is -3.87. The summed E-state index contributed by atoms with van der Waals surface area (Å²) in [5, 5.41) is 10.9. The van der Waals surface area contributed by atoms with E-state index in [9.17, 15) is 23.3 Å². The van der Waals surface area contributed by atoms with Gasteiger partial charge in [0.15, 0.2) is 0 Å². The van der Waals surface area contributed by atoms with Crippen molar-refractivity contribution in [2.24, 2.45) is 0 Å². The lowest BCUT2D eigenvalue weighted by Crippen LogP contribution is -2.48. The highest BCUT2D eigenvalue weighted by atomic mass is 32.2. The lowest BCUT2D eigenvalue weighted by Gasteiger charge is -2.36. The van der Waals surface area contributed by atoms with Gasteiger partial charge in [-0.2, -0.15) is 0 Å². The van der Waals surface area contributed by atoms with E-state index in [0.717, 1.165) is 5.69 Å². The molecular formula is C26H28N4O5S. The predicted octanol–water partition coefficient (Wildman–Crippen LogP) is 4.08. The number of hydrogen-bond donors (Lipinski definition) is 0. The number of piperazine rings is 1. The lowest BCUT2D eigenvalue weighted by molar-refractivity contribution is -0.384. The van der Waals surface area contributed by atoms with Crippen LogP contribution in [0.15, 0.2) is 77.7 Å². The summed E-state index contributed by atoms with van der Waals surface area (Å²) in [6.07, 6.45) is 0. The number of amides is 1. The number of aryl methyl sites for hydroxylation is 1. The van der Waals surface area contributed by atoms with Gasteiger partial charge in [-0.1, -0.05) is 24.3 Å². The summed E-state index contributed by atoms with van der Waals surface area (Å²) in [7, 11) is -3.87. The van der Waals surface area contributed by atoms with E-state index < -0.39 is 14.9 Å². The molecule has 3 aromatic rings. The second-order valence-electron chi connectivity index (χ2n) is 8.54. The van der Waals surface area contributed by atoms with Crippen LogP contribution in [-0.4, -0.2) is 56.9 Å². The number of para-hydroxylation sites is 1. The van der Waals surface area contributed by atoms with Gasteiger partial charge >= 0.3 is 0 Å². The Morgan fingerprint density at radius 1 is 0.972 bits per heavy atom. The minimum Gasteiger partial charge on any atom is -0.368 e. The number of nitro benzene ring substituents is 1. The third kappa shape index (κ3) is 5.03. The Morgan fingerprint density at radius 3 is 2.19 bits per heavy atom. The first-order chi connectivity index (χ1) is 17.2. The summed E-state index contributed by atoms with van der Waals surface area (Å²) in [6.45, 7) is 5.81. The Morgan fingerprint density at radius 2 is 1.61 bits per heavy atom. The molecule has 0 aromatic heterocycles. The van der Waals surface area contributed by atoms with Crippen molar-refractivity contribution in [1.29, 1.82) is 0 Å². The summed E-state index contributed by atoms with van der Waals surface area (Å²) in [4.78, 5) is 27.6. The van der Waals surface area contributed by atoms with Crippen molar-refractivity contribution < 1.29 is 18.1 Å². The maximum absolute atomic E-state index is 13.6. The van der Waals surface area contributed by atoms with Crippen LogP contribution in [0.4, 0.5) is 17.1 Å². The number of carbonyl (C=O) groups is 1. The summed E-state index contributed by atoms with van der Waals surface area (Å²) < 4.78 is 28.4. The molecule has 1 amide bonds. The van der Waals surface area contributed by atoms with E-state index in [2.05, 4.69) is 4.90 Å². The number of hydrogen-bond acceptors (Lipinski definition) is 6. The zero-order chi connectivity index (χ0) is 25.9. The van der Waals surface area contributed by atoms with Crippen LogP contribution in [0.1, 0.15) is 22.8 Å². The highest BCUT2D eigenvalue weighted by Crippen LogP contribution is 2.27. The number of nitrogens with zero attached hydrogens (tertiary/aromatic N) is 4. The topological polar surface area (TPSA) is 104 Å². The first kappa shape index (κ1) is 25.2. The second kappa shape index (κ2) is 10.4. The van der Waals surface area contributed by atoms with Gasteiger partial charge in [0.1, 0.15) is 0 Å². The van der Waals surface area contributed by atoms with Crippen LogP contribution in [0.2, 0.25) is 0 Å². The molecule has 1 saturated heterocycles. The molecule has 0 aliphatic carbocycles. The molecule has 36 heavy (non-hydrogen) atoms. The summed E-state index contributed by atoms with van der Waals surface area (Å²) in [5.74, 6) is -0.224. The van der Waals surface area contributed by atoms with E-state index in [0.29, 0.717) is 43.0 Å². The monoisotopic (exact) mass is 508 g/mol. The maximum atomic E-state index is 13.6. The van der Waals surface area contributed by atoms with Crippen LogP contribution in [0, 0.1) is 17.0 Å². The Labute approximate surface area is 210 Å². The van der Waals surface area contributed by atoms with Crippen LogP contribution in [0.5, 0.6) is 0 Å². The van der Waals surface area contributed by atoms with Crippen molar-refractivity contribution in [1.82, 2.24) is 4.90 Å². The van der Waals surface area contributed by atoms with Crippen LogP contribution in [0.25, 0.3) is 0 Å². The van der Waals surface area contributed by atoms with E-state index in [1.165, 1.54) is 22.5 Å². The van der Waals surface area contributed by atoms with Crippen LogP contribution >= 0.6 is 0 Å². The van der Waals surface area contributed by atoms with Crippen LogP contribution < -0.4 is 9.21 Å². The maximum Gasteiger partial charge on any atom is 0.269 e. The van der Waals surface area contributed by atoms with Gasteiger partial charge in [0.2, 0.25) is 0 Å². The number of carbonyl (C=O) groups excluding carboxylic acids is 1. The fourth-order valence-corrected chi connectivity index (χ4v) is 6.08. The van der Waals surface area contributed by atoms with Gasteiger partial charge in [-0.25, -0.2) is 8.42 Å². The number of benzene rings is 3. The molecule has 10 heteroatoms. The first-order valence-corrected chi connectivity index (χ1v) is 13.1. The average molecular weight is 509 g/mol. The second-order valence-corrected chi connectivity index (χ2v) is 10.4. The highest BCUT2D eigenvalue weighted by Gasteiger charge is 2.28. The molecule has 0 radical (unpaired) electrons. The summed E-state index contributed by atoms with van der Waals surface area (Å²) in [5.41, 5.74) is 2.36. The number of nitro groups is 1. The molecule has 188 valence electrons. The Balaban J connectivity index is 1.51. The largest absolute Gasteiger partial charge is 0.368 e. The molecule has 0 N–H and O–H groups in total. The van der Waals surface area contributed by atoms with Crippen molar-refractivity contribution in [3.8, 4) is 0 Å². The number of anilines is 2. The minimum absolute atomic E-state index is 0.0339. The van der Waals surface area contributed by atoms with Gasteiger partial charge in [0.25, 0.3) is 21.6 Å². The molecule has 1 aliphatic rings. The van der Waals surface area contributed by atoms with Crippen molar-refractivity contribution in [3.05, 3.63) is 94.0 Å². The molecule has 0 atom stereocenters. The molecule has 9 nitrogen and oxygen atoms in total. The van der Waals surface area contributed by atoms with Gasteiger partial charge in [0.05, 0.1) is 15.5 Å². The fourth-order valence-electron chi connectivity index (χ4n) is 4.35. The van der Waals surface area contributed by atoms with Crippen molar-refractivity contribution in [2.45, 2.75) is 18.7 Å². The number of rotatable bonds is 7. The standard InChI is InChI=1S/C26H28N4O5S/c1-3-29(23-7-5-4-6-8-23)36(34,35)25-19-21(10-9-20(25)2)26(31)28-17-15-27(16-18-28)22-11-13-24(14-12-22)30(32)33/h4-14,19H,3,15-18H2,1-2H3. The van der Waals surface area contributed by atoms with E-state index in [4.69, 9.17) is 0 Å². The van der Waals surface area contributed by atoms with Crippen molar-refractivity contribution >= 4 is 33.0 Å². The molecule has 0 spiro atoms. The third-order valence-corrected chi connectivity index (χ3v) is 8.37. The molecule has 3 aromatic carbocycles. The lowest BCUT2D eigenvalue weighted by atomic mass is 10.1. The van der Waals surface area contributed by atoms with Gasteiger partial charge in [0, 0.05) is 56.1 Å². The van der Waals surface area contributed by atoms with Crippen molar-refractivity contribution in [2.75, 3.05) is 41.9 Å². The van der Waals surface area contributed by atoms with E-state index >= 15 is 0 Å². The van der Waals surface area contributed by atoms with E-state index in [-0.39, 0.29) is 23.0 Å². The SMILES string of the molecule is CCN(c1ccccc1)S(=O)(=O)c1cc(C(=O)N2CCN(c3ccc([N+](=O)[O-])cc3)CC2)ccc1C. The van der Waals surface area contributed by atoms with Gasteiger partial charge in [-0.05, 0) is 55.8 Å². The fraction of sp³-hybridized carbons (Fsp3) is 0.269. The Hall–Kier alpha value is -3.92. The molecule has 0 saturated carbocycles. The molecule has 0 unspecified atom stereocenters. The molecular weight excluding hydrogens is 480 g/mol. The summed E-state index contributed by atoms with van der Waals surface area (Å²) in [6, 6.07) is 20.1.